The molecule has 3 N–H and O–H groups in total. The van der Waals surface area contributed by atoms with Crippen molar-refractivity contribution in [3.8, 4) is 0 Å². The molecule has 0 aliphatic carbocycles. The lowest BCUT2D eigenvalue weighted by Crippen LogP contribution is -2.28. The number of allylic oxidation sites excluding steroid dienone is 1. The van der Waals surface area contributed by atoms with E-state index in [4.69, 9.17) is 14.9 Å². The van der Waals surface area contributed by atoms with Crippen molar-refractivity contribution >= 4 is 19.9 Å². The number of amides is 1. The van der Waals surface area contributed by atoms with E-state index in [1.54, 1.807) is 24.3 Å². The van der Waals surface area contributed by atoms with Crippen molar-refractivity contribution in [3.05, 3.63) is 47.7 Å². The molecule has 0 aliphatic heterocycles. The van der Waals surface area contributed by atoms with Gasteiger partial charge in [0.25, 0.3) is 0 Å². The summed E-state index contributed by atoms with van der Waals surface area (Å²) in [5, 5.41) is 19.6. The Morgan fingerprint density at radius 1 is 1.29 bits per heavy atom. The third kappa shape index (κ3) is 6.74. The van der Waals surface area contributed by atoms with Crippen LogP contribution in [0.3, 0.4) is 0 Å². The molecule has 0 saturated heterocycles. The molecule has 0 spiro atoms. The van der Waals surface area contributed by atoms with E-state index in [9.17, 15) is 14.2 Å². The van der Waals surface area contributed by atoms with Gasteiger partial charge in [-0.25, -0.2) is 9.59 Å². The Morgan fingerprint density at radius 2 is 1.95 bits per heavy atom. The molecule has 0 aromatic heterocycles. The summed E-state index contributed by atoms with van der Waals surface area (Å²) in [6, 6.07) is 8.90. The summed E-state index contributed by atoms with van der Waals surface area (Å²) in [6.07, 6.45) is -0.450. The third-order valence-corrected chi connectivity index (χ3v) is 3.40. The molecule has 1 aromatic carbocycles. The van der Waals surface area contributed by atoms with E-state index in [1.807, 2.05) is 6.07 Å². The van der Waals surface area contributed by atoms with Gasteiger partial charge in [-0.15, -0.1) is 0 Å². The third-order valence-electron chi connectivity index (χ3n) is 2.39. The largest absolute Gasteiger partial charge is 0.477 e. The highest BCUT2D eigenvalue weighted by Gasteiger charge is 2.12. The van der Waals surface area contributed by atoms with Crippen molar-refractivity contribution < 1.29 is 29.1 Å². The zero-order valence-electron chi connectivity index (χ0n) is 11.1. The van der Waals surface area contributed by atoms with Crippen LogP contribution in [0.2, 0.25) is 0 Å². The zero-order valence-corrected chi connectivity index (χ0v) is 12.1. The first-order valence-corrected chi connectivity index (χ1v) is 7.89. The van der Waals surface area contributed by atoms with Crippen LogP contribution in [0.15, 0.2) is 42.1 Å². The molecule has 114 valence electrons. The fraction of sp³-hybridized carbons (Fsp3) is 0.231. The van der Waals surface area contributed by atoms with Gasteiger partial charge in [-0.3, -0.25) is 5.32 Å². The van der Waals surface area contributed by atoms with Gasteiger partial charge in [-0.05, 0) is 11.6 Å². The number of aliphatic hydroxyl groups is 1. The van der Waals surface area contributed by atoms with Crippen LogP contribution in [-0.4, -0.2) is 34.8 Å². The molecule has 21 heavy (non-hydrogen) atoms. The van der Waals surface area contributed by atoms with E-state index in [0.717, 1.165) is 11.6 Å². The summed E-state index contributed by atoms with van der Waals surface area (Å²) in [7, 11) is -2.27. The van der Waals surface area contributed by atoms with Gasteiger partial charge >= 0.3 is 12.1 Å². The molecule has 7 nitrogen and oxygen atoms in total. The van der Waals surface area contributed by atoms with Crippen molar-refractivity contribution in [1.82, 2.24) is 5.32 Å². The Hall–Kier alpha value is -2.11. The number of rotatable bonds is 7. The van der Waals surface area contributed by atoms with Crippen LogP contribution < -0.4 is 5.32 Å². The van der Waals surface area contributed by atoms with Gasteiger partial charge < -0.3 is 19.5 Å². The average molecular weight is 313 g/mol. The molecule has 0 bridgehead atoms. The lowest BCUT2D eigenvalue weighted by atomic mass is 10.2. The summed E-state index contributed by atoms with van der Waals surface area (Å²) in [4.78, 5) is 22.4. The van der Waals surface area contributed by atoms with Crippen molar-refractivity contribution in [2.45, 2.75) is 6.61 Å². The molecule has 1 amide bonds. The highest BCUT2D eigenvalue weighted by atomic mass is 31.1. The molecule has 0 heterocycles. The lowest BCUT2D eigenvalue weighted by Gasteiger charge is -2.07. The Labute approximate surface area is 122 Å². The smallest absolute Gasteiger partial charge is 0.412 e. The first kappa shape index (κ1) is 16.9. The molecule has 1 unspecified atom stereocenters. The molecule has 0 radical (unpaired) electrons. The predicted octanol–water partition coefficient (Wildman–Crippen LogP) is 1.39. The second-order valence-corrected chi connectivity index (χ2v) is 5.81. The first-order chi connectivity index (χ1) is 10.0. The molecule has 0 saturated carbocycles. The number of alkyl carbamates (subject to hydrolysis) is 1. The molecule has 0 fully saturated rings. The number of aliphatic carboxylic acids is 1. The highest BCUT2D eigenvalue weighted by molar-refractivity contribution is 7.44. The van der Waals surface area contributed by atoms with E-state index < -0.39 is 31.9 Å². The van der Waals surface area contributed by atoms with Crippen molar-refractivity contribution in [2.24, 2.45) is 0 Å². The Morgan fingerprint density at radius 3 is 2.52 bits per heavy atom. The van der Waals surface area contributed by atoms with Crippen LogP contribution >= 0.6 is 7.80 Å². The number of aliphatic hydroxyl groups excluding tert-OH is 1. The standard InChI is InChI=1S/C13H16NO6P/c15-9-21(19)7-6-11(12(16)17)14-13(18)20-8-10-4-2-1-3-5-10/h1-6,15,21H,7-9H2,(H,14,18)(H,16,17)/b11-6+. The number of carboxylic acid groups (broad SMARTS) is 1. The maximum Gasteiger partial charge on any atom is 0.412 e. The second kappa shape index (κ2) is 8.94. The van der Waals surface area contributed by atoms with Crippen LogP contribution in [0.25, 0.3) is 0 Å². The van der Waals surface area contributed by atoms with E-state index in [-0.39, 0.29) is 12.8 Å². The summed E-state index contributed by atoms with van der Waals surface area (Å²) < 4.78 is 16.0. The molecule has 1 atom stereocenters. The van der Waals surface area contributed by atoms with Gasteiger partial charge in [0.05, 0.1) is 6.35 Å². The minimum Gasteiger partial charge on any atom is -0.477 e. The van der Waals surface area contributed by atoms with Gasteiger partial charge in [0.15, 0.2) is 0 Å². The van der Waals surface area contributed by atoms with Crippen LogP contribution in [0.1, 0.15) is 5.56 Å². The number of benzene rings is 1. The summed E-state index contributed by atoms with van der Waals surface area (Å²) in [5.41, 5.74) is 0.332. The Balaban J connectivity index is 2.53. The monoisotopic (exact) mass is 313 g/mol. The number of hydrogen-bond acceptors (Lipinski definition) is 5. The van der Waals surface area contributed by atoms with Crippen molar-refractivity contribution in [2.75, 3.05) is 12.5 Å². The molecular weight excluding hydrogens is 297 g/mol. The fourth-order valence-corrected chi connectivity index (χ4v) is 1.90. The van der Waals surface area contributed by atoms with E-state index in [1.165, 1.54) is 0 Å². The minimum absolute atomic E-state index is 0.00676. The summed E-state index contributed by atoms with van der Waals surface area (Å²) >= 11 is 0. The molecular formula is C13H16NO6P. The van der Waals surface area contributed by atoms with Gasteiger partial charge in [-0.2, -0.15) is 0 Å². The minimum atomic E-state index is -2.27. The predicted molar refractivity (Wildman–Crippen MR) is 76.4 cm³/mol. The molecule has 1 aromatic rings. The van der Waals surface area contributed by atoms with E-state index >= 15 is 0 Å². The number of carbonyl (C=O) groups is 2. The van der Waals surface area contributed by atoms with Gasteiger partial charge in [0.2, 0.25) is 0 Å². The Kier molecular flexibility index (Phi) is 7.21. The van der Waals surface area contributed by atoms with Crippen LogP contribution in [0.4, 0.5) is 4.79 Å². The number of carbonyl (C=O) groups excluding carboxylic acids is 1. The molecule has 0 aliphatic rings. The first-order valence-electron chi connectivity index (χ1n) is 6.06. The number of ether oxygens (including phenoxy) is 1. The molecule has 1 rings (SSSR count). The summed E-state index contributed by atoms with van der Waals surface area (Å²) in [5.74, 6) is -1.38. The zero-order chi connectivity index (χ0) is 15.7. The van der Waals surface area contributed by atoms with Gasteiger partial charge in [-0.1, -0.05) is 30.3 Å². The quantitative estimate of drug-likeness (QED) is 0.518. The maximum absolute atomic E-state index is 11.5. The Bertz CT molecular complexity index is 543. The average Bonchev–Trinajstić information content (AvgIpc) is 2.49. The topological polar surface area (TPSA) is 113 Å². The van der Waals surface area contributed by atoms with Crippen LogP contribution in [-0.2, 0) is 20.7 Å². The normalized spacial score (nSPS) is 12.5. The van der Waals surface area contributed by atoms with E-state index in [0.29, 0.717) is 0 Å². The fourth-order valence-electron chi connectivity index (χ4n) is 1.34. The highest BCUT2D eigenvalue weighted by Crippen LogP contribution is 2.18. The SMILES string of the molecule is O=C(N/C(=C/C[PH](=O)CO)C(=O)O)OCc1ccccc1. The number of hydrogen-bond donors (Lipinski definition) is 3. The van der Waals surface area contributed by atoms with Crippen LogP contribution in [0, 0.1) is 0 Å². The van der Waals surface area contributed by atoms with E-state index in [2.05, 4.69) is 5.32 Å². The lowest BCUT2D eigenvalue weighted by molar-refractivity contribution is -0.133. The van der Waals surface area contributed by atoms with Gasteiger partial charge in [0, 0.05) is 6.16 Å². The number of carboxylic acids is 1. The maximum atomic E-state index is 11.5. The van der Waals surface area contributed by atoms with Crippen molar-refractivity contribution in [3.63, 3.8) is 0 Å². The van der Waals surface area contributed by atoms with Gasteiger partial charge in [0.1, 0.15) is 20.1 Å². The van der Waals surface area contributed by atoms with Crippen molar-refractivity contribution in [1.29, 1.82) is 0 Å². The van der Waals surface area contributed by atoms with Crippen LogP contribution in [0.5, 0.6) is 0 Å². The number of nitrogens with one attached hydrogen (secondary N) is 1. The summed E-state index contributed by atoms with van der Waals surface area (Å²) in [6.45, 7) is 0.00676. The second-order valence-electron chi connectivity index (χ2n) is 4.01. The molecule has 8 heteroatoms.